The molecule has 3 nitrogen and oxygen atoms in total. The lowest BCUT2D eigenvalue weighted by molar-refractivity contribution is 0.482. The minimum absolute atomic E-state index is 0. The summed E-state index contributed by atoms with van der Waals surface area (Å²) in [5, 5.41) is 0. The molecule has 0 saturated heterocycles. The Kier molecular flexibility index (Phi) is 8.11. The quantitative estimate of drug-likeness (QED) is 0.836. The van der Waals surface area contributed by atoms with Gasteiger partial charge in [-0.1, -0.05) is 53.0 Å². The molecule has 0 aromatic heterocycles. The molecule has 1 atom stereocenters. The second-order valence-corrected chi connectivity index (χ2v) is 5.23. The molecular weight excluding hydrogens is 236 g/mol. The van der Waals surface area contributed by atoms with Gasteiger partial charge in [-0.15, -0.1) is 0 Å². The Morgan fingerprint density at radius 2 is 1.65 bits per heavy atom. The fraction of sp³-hybridized carbons (Fsp3) is 0.538. The second kappa shape index (κ2) is 7.45. The van der Waals surface area contributed by atoms with Crippen LogP contribution in [0.1, 0.15) is 52.2 Å². The van der Waals surface area contributed by atoms with Crippen molar-refractivity contribution < 1.29 is 13.0 Å². The van der Waals surface area contributed by atoms with Crippen LogP contribution in [-0.2, 0) is 15.9 Å². The summed E-state index contributed by atoms with van der Waals surface area (Å²) in [4.78, 5) is 0. The van der Waals surface area contributed by atoms with E-state index in [1.54, 1.807) is 12.1 Å². The first-order valence-electron chi connectivity index (χ1n) is 4.96. The molecule has 0 aliphatic heterocycles. The number of hydrogen-bond donors (Lipinski definition) is 1. The maximum atomic E-state index is 10.6. The maximum absolute atomic E-state index is 10.6. The highest BCUT2D eigenvalue weighted by Crippen LogP contribution is 2.19. The smallest absolute Gasteiger partial charge is 0.269 e. The van der Waals surface area contributed by atoms with Crippen molar-refractivity contribution in [1.29, 1.82) is 0 Å². The molecule has 0 amide bonds. The normalized spacial score (nSPS) is 12.2. The molecule has 17 heavy (non-hydrogen) atoms. The molecule has 0 aliphatic carbocycles. The van der Waals surface area contributed by atoms with E-state index in [4.69, 9.17) is 4.55 Å². The molecule has 100 valence electrons. The van der Waals surface area contributed by atoms with Crippen LogP contribution in [-0.4, -0.2) is 13.0 Å². The van der Waals surface area contributed by atoms with E-state index < -0.39 is 10.1 Å². The van der Waals surface area contributed by atoms with Crippen molar-refractivity contribution in [2.24, 2.45) is 0 Å². The van der Waals surface area contributed by atoms with E-state index in [-0.39, 0.29) is 20.6 Å². The van der Waals surface area contributed by atoms with E-state index in [9.17, 15) is 8.42 Å². The number of hydrogen-bond acceptors (Lipinski definition) is 2. The van der Waals surface area contributed by atoms with Crippen molar-refractivity contribution >= 4 is 10.1 Å². The lowest BCUT2D eigenvalue weighted by Gasteiger charge is -2.09. The molecule has 1 rings (SSSR count). The summed E-state index contributed by atoms with van der Waals surface area (Å²) in [5.74, 6) is 0.165. The standard InChI is InChI=1S/C11H16O3S.2CH4/c1-3-9(2)11-6-4-10(5-7-11)8-15(12,13)14;;/h4-7,9H,3,8H2,1-2H3,(H,12,13,14);2*1H4. The van der Waals surface area contributed by atoms with Gasteiger partial charge in [-0.2, -0.15) is 8.42 Å². The minimum atomic E-state index is -3.92. The largest absolute Gasteiger partial charge is 0.285 e. The Hall–Kier alpha value is -0.870. The first kappa shape index (κ1) is 18.5. The predicted molar refractivity (Wildman–Crippen MR) is 73.9 cm³/mol. The topological polar surface area (TPSA) is 54.4 Å². The molecule has 1 N–H and O–H groups in total. The van der Waals surface area contributed by atoms with Crippen LogP contribution in [0.4, 0.5) is 0 Å². The van der Waals surface area contributed by atoms with Crippen molar-refractivity contribution in [3.8, 4) is 0 Å². The third kappa shape index (κ3) is 6.44. The van der Waals surface area contributed by atoms with Gasteiger partial charge in [0.05, 0.1) is 0 Å². The Balaban J connectivity index is 0. The van der Waals surface area contributed by atoms with Gasteiger partial charge in [0.15, 0.2) is 0 Å². The van der Waals surface area contributed by atoms with E-state index >= 15 is 0 Å². The number of benzene rings is 1. The van der Waals surface area contributed by atoms with Crippen molar-refractivity contribution in [2.45, 2.75) is 46.8 Å². The van der Waals surface area contributed by atoms with Crippen molar-refractivity contribution in [2.75, 3.05) is 0 Å². The molecule has 1 aromatic rings. The Labute approximate surface area is 106 Å². The average molecular weight is 260 g/mol. The summed E-state index contributed by atoms with van der Waals surface area (Å²) in [6, 6.07) is 7.31. The molecule has 0 heterocycles. The van der Waals surface area contributed by atoms with Gasteiger partial charge in [0.25, 0.3) is 10.1 Å². The van der Waals surface area contributed by atoms with Crippen LogP contribution in [0.3, 0.4) is 0 Å². The van der Waals surface area contributed by atoms with Gasteiger partial charge in [-0.05, 0) is 23.5 Å². The first-order valence-corrected chi connectivity index (χ1v) is 6.57. The van der Waals surface area contributed by atoms with Gasteiger partial charge in [0.2, 0.25) is 0 Å². The zero-order valence-corrected chi connectivity index (χ0v) is 9.79. The molecule has 0 aliphatic rings. The fourth-order valence-electron chi connectivity index (χ4n) is 1.39. The van der Waals surface area contributed by atoms with Crippen LogP contribution in [0.15, 0.2) is 24.3 Å². The van der Waals surface area contributed by atoms with Crippen molar-refractivity contribution in [3.63, 3.8) is 0 Å². The summed E-state index contributed by atoms with van der Waals surface area (Å²) in [7, 11) is -3.92. The average Bonchev–Trinajstić information content (AvgIpc) is 2.15. The second-order valence-electron chi connectivity index (χ2n) is 3.78. The van der Waals surface area contributed by atoms with Crippen LogP contribution in [0.25, 0.3) is 0 Å². The fourth-order valence-corrected chi connectivity index (χ4v) is 2.00. The summed E-state index contributed by atoms with van der Waals surface area (Å²) >= 11 is 0. The molecular formula is C13H24O3S. The Morgan fingerprint density at radius 3 is 2.00 bits per heavy atom. The van der Waals surface area contributed by atoms with Crippen LogP contribution in [0, 0.1) is 0 Å². The van der Waals surface area contributed by atoms with Gasteiger partial charge < -0.3 is 0 Å². The summed E-state index contributed by atoms with van der Waals surface area (Å²) in [5.41, 5.74) is 1.81. The van der Waals surface area contributed by atoms with Crippen molar-refractivity contribution in [3.05, 3.63) is 35.4 Å². The molecule has 0 spiro atoms. The van der Waals surface area contributed by atoms with Crippen molar-refractivity contribution in [1.82, 2.24) is 0 Å². The van der Waals surface area contributed by atoms with Crippen LogP contribution in [0.5, 0.6) is 0 Å². The van der Waals surface area contributed by atoms with E-state index in [1.165, 1.54) is 5.56 Å². The maximum Gasteiger partial charge on any atom is 0.269 e. The van der Waals surface area contributed by atoms with Crippen LogP contribution >= 0.6 is 0 Å². The monoisotopic (exact) mass is 260 g/mol. The Bertz CT molecular complexity index is 407. The van der Waals surface area contributed by atoms with Crippen LogP contribution in [0.2, 0.25) is 0 Å². The first-order chi connectivity index (χ1) is 6.92. The minimum Gasteiger partial charge on any atom is -0.285 e. The third-order valence-corrected chi connectivity index (χ3v) is 3.21. The summed E-state index contributed by atoms with van der Waals surface area (Å²) in [6.07, 6.45) is 1.05. The van der Waals surface area contributed by atoms with Gasteiger partial charge in [0.1, 0.15) is 5.75 Å². The molecule has 4 heteroatoms. The van der Waals surface area contributed by atoms with Gasteiger partial charge in [-0.3, -0.25) is 4.55 Å². The van der Waals surface area contributed by atoms with E-state index in [0.717, 1.165) is 6.42 Å². The third-order valence-electron chi connectivity index (χ3n) is 2.51. The molecule has 0 fully saturated rings. The van der Waals surface area contributed by atoms with Gasteiger partial charge in [0, 0.05) is 0 Å². The zero-order chi connectivity index (χ0) is 11.5. The molecule has 0 bridgehead atoms. The lowest BCUT2D eigenvalue weighted by Crippen LogP contribution is -2.01. The lowest BCUT2D eigenvalue weighted by atomic mass is 9.98. The highest BCUT2D eigenvalue weighted by molar-refractivity contribution is 7.85. The van der Waals surface area contributed by atoms with E-state index in [1.807, 2.05) is 12.1 Å². The van der Waals surface area contributed by atoms with E-state index in [2.05, 4.69) is 13.8 Å². The molecule has 0 radical (unpaired) electrons. The van der Waals surface area contributed by atoms with Gasteiger partial charge >= 0.3 is 0 Å². The molecule has 1 unspecified atom stereocenters. The number of rotatable bonds is 4. The highest BCUT2D eigenvalue weighted by Gasteiger charge is 2.07. The predicted octanol–water partition coefficient (Wildman–Crippen LogP) is 3.86. The summed E-state index contributed by atoms with van der Waals surface area (Å²) in [6.45, 7) is 4.23. The van der Waals surface area contributed by atoms with Crippen LogP contribution < -0.4 is 0 Å². The SMILES string of the molecule is C.C.CCC(C)c1ccc(CS(=O)(=O)O)cc1. The molecule has 0 saturated carbocycles. The zero-order valence-electron chi connectivity index (χ0n) is 8.97. The highest BCUT2D eigenvalue weighted by atomic mass is 32.2. The molecule has 1 aromatic carbocycles. The Morgan fingerprint density at radius 1 is 1.18 bits per heavy atom. The summed E-state index contributed by atoms with van der Waals surface area (Å²) < 4.78 is 29.9. The van der Waals surface area contributed by atoms with Gasteiger partial charge in [-0.25, -0.2) is 0 Å². The van der Waals surface area contributed by atoms with E-state index in [0.29, 0.717) is 11.5 Å².